The number of halogens is 1. The first-order valence-corrected chi connectivity index (χ1v) is 10.2. The van der Waals surface area contributed by atoms with Gasteiger partial charge >= 0.3 is 0 Å². The van der Waals surface area contributed by atoms with Crippen LogP contribution in [0.2, 0.25) is 0 Å². The molecule has 31 heavy (non-hydrogen) atoms. The van der Waals surface area contributed by atoms with Gasteiger partial charge in [-0.3, -0.25) is 4.79 Å². The van der Waals surface area contributed by atoms with Gasteiger partial charge in [0.2, 0.25) is 0 Å². The summed E-state index contributed by atoms with van der Waals surface area (Å²) in [5.41, 5.74) is 3.12. The second-order valence-electron chi connectivity index (χ2n) is 7.31. The zero-order chi connectivity index (χ0) is 21.5. The number of benzene rings is 3. The minimum atomic E-state index is -0.308. The maximum absolute atomic E-state index is 13.8. The van der Waals surface area contributed by atoms with Gasteiger partial charge in [-0.15, -0.1) is 5.10 Å². The van der Waals surface area contributed by atoms with E-state index in [1.165, 1.54) is 28.1 Å². The molecule has 1 N–H and O–H groups in total. The summed E-state index contributed by atoms with van der Waals surface area (Å²) < 4.78 is 15.3. The van der Waals surface area contributed by atoms with E-state index < -0.39 is 0 Å². The molecular weight excluding hydrogens is 391 g/mol. The summed E-state index contributed by atoms with van der Waals surface area (Å²) in [6.45, 7) is 0.713. The molecule has 0 radical (unpaired) electrons. The second-order valence-corrected chi connectivity index (χ2v) is 7.31. The first-order chi connectivity index (χ1) is 15.2. The van der Waals surface area contributed by atoms with Crippen LogP contribution >= 0.6 is 0 Å². The number of aromatic nitrogens is 3. The summed E-state index contributed by atoms with van der Waals surface area (Å²) in [5.74, 6) is -0.420. The topological polar surface area (TPSA) is 59.8 Å². The highest BCUT2D eigenvalue weighted by atomic mass is 19.1. The summed E-state index contributed by atoms with van der Waals surface area (Å²) in [4.78, 5) is 12.5. The van der Waals surface area contributed by atoms with Crippen LogP contribution in [0.5, 0.6) is 0 Å². The van der Waals surface area contributed by atoms with Gasteiger partial charge in [0.1, 0.15) is 5.82 Å². The molecule has 0 aliphatic heterocycles. The van der Waals surface area contributed by atoms with Gasteiger partial charge in [-0.25, -0.2) is 9.07 Å². The Morgan fingerprint density at radius 2 is 1.52 bits per heavy atom. The van der Waals surface area contributed by atoms with E-state index in [9.17, 15) is 9.18 Å². The van der Waals surface area contributed by atoms with Crippen molar-refractivity contribution < 1.29 is 9.18 Å². The molecule has 0 saturated carbocycles. The maximum Gasteiger partial charge on any atom is 0.273 e. The molecule has 1 amide bonds. The number of hydrogen-bond donors (Lipinski definition) is 1. The molecule has 0 saturated heterocycles. The van der Waals surface area contributed by atoms with Crippen molar-refractivity contribution in [2.24, 2.45) is 0 Å². The molecule has 0 unspecified atom stereocenters. The minimum Gasteiger partial charge on any atom is -0.351 e. The molecule has 1 aromatic heterocycles. The van der Waals surface area contributed by atoms with E-state index in [1.54, 1.807) is 18.2 Å². The number of rotatable bonds is 8. The lowest BCUT2D eigenvalue weighted by Gasteiger charge is -2.18. The van der Waals surface area contributed by atoms with E-state index in [0.29, 0.717) is 12.1 Å². The molecule has 0 fully saturated rings. The highest BCUT2D eigenvalue weighted by Gasteiger charge is 2.16. The molecule has 0 bridgehead atoms. The summed E-state index contributed by atoms with van der Waals surface area (Å²) in [6.07, 6.45) is 2.29. The van der Waals surface area contributed by atoms with Gasteiger partial charge in [0.05, 0.1) is 12.7 Å². The Labute approximate surface area is 180 Å². The molecule has 0 aliphatic rings. The smallest absolute Gasteiger partial charge is 0.273 e. The number of nitrogens with one attached hydrogen (secondary N) is 1. The average Bonchev–Trinajstić information content (AvgIpc) is 3.28. The molecular formula is C25H23FN4O. The Morgan fingerprint density at radius 3 is 2.16 bits per heavy atom. The van der Waals surface area contributed by atoms with Gasteiger partial charge in [0.25, 0.3) is 5.91 Å². The van der Waals surface area contributed by atoms with Crippen LogP contribution in [0.3, 0.4) is 0 Å². The second kappa shape index (κ2) is 9.80. The average molecular weight is 414 g/mol. The van der Waals surface area contributed by atoms with Crippen molar-refractivity contribution >= 4 is 5.91 Å². The number of amides is 1. The fourth-order valence-electron chi connectivity index (χ4n) is 3.60. The normalized spacial score (nSPS) is 10.9. The number of carbonyl (C=O) groups is 1. The fourth-order valence-corrected chi connectivity index (χ4v) is 3.60. The van der Waals surface area contributed by atoms with Crippen molar-refractivity contribution in [2.45, 2.75) is 18.9 Å². The monoisotopic (exact) mass is 414 g/mol. The van der Waals surface area contributed by atoms with Crippen molar-refractivity contribution in [3.8, 4) is 0 Å². The maximum atomic E-state index is 13.8. The fraction of sp³-hybridized carbons (Fsp3) is 0.160. The van der Waals surface area contributed by atoms with Gasteiger partial charge in [0, 0.05) is 18.0 Å². The van der Waals surface area contributed by atoms with Crippen molar-refractivity contribution in [3.05, 3.63) is 119 Å². The highest BCUT2D eigenvalue weighted by molar-refractivity contribution is 5.91. The third-order valence-corrected chi connectivity index (χ3v) is 5.18. The minimum absolute atomic E-state index is 0.180. The largest absolute Gasteiger partial charge is 0.351 e. The lowest BCUT2D eigenvalue weighted by Crippen LogP contribution is -2.26. The Balaban J connectivity index is 1.38. The van der Waals surface area contributed by atoms with Crippen molar-refractivity contribution in [2.75, 3.05) is 6.54 Å². The molecule has 0 spiro atoms. The van der Waals surface area contributed by atoms with Crippen LogP contribution in [-0.4, -0.2) is 27.4 Å². The van der Waals surface area contributed by atoms with Crippen molar-refractivity contribution in [3.63, 3.8) is 0 Å². The van der Waals surface area contributed by atoms with Crippen LogP contribution in [0, 0.1) is 5.82 Å². The lowest BCUT2D eigenvalue weighted by atomic mass is 9.88. The van der Waals surface area contributed by atoms with E-state index in [2.05, 4.69) is 39.9 Å². The Bertz CT molecular complexity index is 1090. The zero-order valence-electron chi connectivity index (χ0n) is 17.0. The van der Waals surface area contributed by atoms with Gasteiger partial charge in [0.15, 0.2) is 5.69 Å². The van der Waals surface area contributed by atoms with E-state index in [1.807, 2.05) is 36.4 Å². The third kappa shape index (κ3) is 5.22. The molecule has 4 aromatic rings. The highest BCUT2D eigenvalue weighted by Crippen LogP contribution is 2.27. The number of hydrogen-bond acceptors (Lipinski definition) is 3. The molecule has 0 aliphatic carbocycles. The molecule has 156 valence electrons. The van der Waals surface area contributed by atoms with Gasteiger partial charge in [-0.1, -0.05) is 84.1 Å². The van der Waals surface area contributed by atoms with Gasteiger partial charge < -0.3 is 5.32 Å². The van der Waals surface area contributed by atoms with Crippen LogP contribution in [0.15, 0.2) is 91.1 Å². The first-order valence-electron chi connectivity index (χ1n) is 10.2. The van der Waals surface area contributed by atoms with E-state index >= 15 is 0 Å². The van der Waals surface area contributed by atoms with Gasteiger partial charge in [-0.2, -0.15) is 0 Å². The van der Waals surface area contributed by atoms with Gasteiger partial charge in [-0.05, 0) is 23.6 Å². The SMILES string of the molecule is O=C(NCCC(c1ccccc1)c1ccccc1)c1cn(Cc2ccccc2F)nn1. The van der Waals surface area contributed by atoms with Crippen molar-refractivity contribution in [1.29, 1.82) is 0 Å². The molecule has 0 atom stereocenters. The molecule has 6 heteroatoms. The quantitative estimate of drug-likeness (QED) is 0.464. The van der Waals surface area contributed by atoms with Crippen LogP contribution in [0.1, 0.15) is 39.5 Å². The number of carbonyl (C=O) groups excluding carboxylic acids is 1. The Kier molecular flexibility index (Phi) is 6.47. The molecule has 3 aromatic carbocycles. The first kappa shape index (κ1) is 20.5. The molecule has 1 heterocycles. The van der Waals surface area contributed by atoms with E-state index in [-0.39, 0.29) is 29.9 Å². The summed E-state index contributed by atoms with van der Waals surface area (Å²) in [6, 6.07) is 27.0. The lowest BCUT2D eigenvalue weighted by molar-refractivity contribution is 0.0947. The molecule has 5 nitrogen and oxygen atoms in total. The predicted octanol–water partition coefficient (Wildman–Crippen LogP) is 4.42. The predicted molar refractivity (Wildman–Crippen MR) is 117 cm³/mol. The van der Waals surface area contributed by atoms with Crippen molar-refractivity contribution in [1.82, 2.24) is 20.3 Å². The standard InChI is InChI=1S/C25H23FN4O/c26-23-14-8-7-13-21(23)17-30-18-24(28-29-30)25(31)27-16-15-22(19-9-3-1-4-10-19)20-11-5-2-6-12-20/h1-14,18,22H,15-17H2,(H,27,31). The summed E-state index contributed by atoms with van der Waals surface area (Å²) in [7, 11) is 0. The Morgan fingerprint density at radius 1 is 0.903 bits per heavy atom. The van der Waals surface area contributed by atoms with E-state index in [0.717, 1.165) is 6.42 Å². The van der Waals surface area contributed by atoms with E-state index in [4.69, 9.17) is 0 Å². The van der Waals surface area contributed by atoms with Crippen LogP contribution in [0.4, 0.5) is 4.39 Å². The summed E-state index contributed by atoms with van der Waals surface area (Å²) in [5, 5.41) is 10.8. The number of nitrogens with zero attached hydrogens (tertiary/aromatic N) is 3. The molecule has 4 rings (SSSR count). The van der Waals surface area contributed by atoms with Crippen LogP contribution in [-0.2, 0) is 6.54 Å². The summed E-state index contributed by atoms with van der Waals surface area (Å²) >= 11 is 0. The third-order valence-electron chi connectivity index (χ3n) is 5.18. The van der Waals surface area contributed by atoms with Crippen LogP contribution < -0.4 is 5.32 Å². The van der Waals surface area contributed by atoms with Crippen LogP contribution in [0.25, 0.3) is 0 Å². The Hall–Kier alpha value is -3.80. The zero-order valence-corrected chi connectivity index (χ0v) is 17.0.